The van der Waals surface area contributed by atoms with Crippen LogP contribution in [0.15, 0.2) is 60.7 Å². The van der Waals surface area contributed by atoms with Gasteiger partial charge in [0.05, 0.1) is 0 Å². The van der Waals surface area contributed by atoms with Gasteiger partial charge < -0.3 is 9.72 Å². The molecule has 0 aliphatic heterocycles. The summed E-state index contributed by atoms with van der Waals surface area (Å²) in [7, 11) is 0.0622. The van der Waals surface area contributed by atoms with Crippen LogP contribution >= 0.6 is 0 Å². The molecular formula is C26H35NOSiZr-4. The van der Waals surface area contributed by atoms with E-state index in [2.05, 4.69) is 52.9 Å². The molecule has 0 saturated heterocycles. The van der Waals surface area contributed by atoms with Gasteiger partial charge in [0.2, 0.25) is 0 Å². The molecule has 0 atom stereocenters. The molecule has 0 aliphatic rings. The minimum Gasteiger partial charge on any atom is -0.668 e. The molecule has 4 heteroatoms. The van der Waals surface area contributed by atoms with Crippen molar-refractivity contribution in [3.63, 3.8) is 0 Å². The molecule has 0 fully saturated rings. The Labute approximate surface area is 204 Å². The number of hydrogen-bond donors (Lipinski definition) is 0. The quantitative estimate of drug-likeness (QED) is 0.240. The van der Waals surface area contributed by atoms with Gasteiger partial charge in [-0.15, -0.1) is 6.54 Å². The van der Waals surface area contributed by atoms with Crippen LogP contribution in [-0.4, -0.2) is 28.5 Å². The Morgan fingerprint density at radius 2 is 1.20 bits per heavy atom. The summed E-state index contributed by atoms with van der Waals surface area (Å²) in [6.07, 6.45) is 0. The van der Waals surface area contributed by atoms with Crippen LogP contribution < -0.4 is 5.19 Å². The van der Waals surface area contributed by atoms with Crippen LogP contribution in [0.2, 0.25) is 13.1 Å². The number of benzene rings is 2. The van der Waals surface area contributed by atoms with Gasteiger partial charge in [-0.2, -0.15) is 100 Å². The molecule has 0 saturated carbocycles. The summed E-state index contributed by atoms with van der Waals surface area (Å²) >= 11 is 0. The molecule has 0 heterocycles. The zero-order chi connectivity index (χ0) is 21.7. The van der Waals surface area contributed by atoms with Crippen molar-refractivity contribution in [2.75, 3.05) is 20.3 Å². The topological polar surface area (TPSA) is 23.3 Å². The Balaban J connectivity index is 0.000000524. The van der Waals surface area contributed by atoms with E-state index in [0.717, 1.165) is 13.2 Å². The zero-order valence-electron chi connectivity index (χ0n) is 19.5. The minimum atomic E-state index is -1.67. The van der Waals surface area contributed by atoms with Crippen LogP contribution in [0.3, 0.4) is 0 Å². The predicted molar refractivity (Wildman–Crippen MR) is 129 cm³/mol. The molecule has 0 spiro atoms. The number of rotatable bonds is 5. The smallest absolute Gasteiger partial charge is 0.0354 e. The first-order valence-corrected chi connectivity index (χ1v) is 13.0. The maximum atomic E-state index is 5.09. The molecule has 0 bridgehead atoms. The molecule has 2 nitrogen and oxygen atoms in total. The standard InChI is InChI=1S/C14H25NOSi.2C6H5.Zr/c1-10-11(2)13(4)14(12(10)3)17(6,7)15-8-9-16-5;2*1-2-4-6-5-3-1;/h8-9H2,1-7H3;2*1-5H;/q-2;2*-1;. The molecule has 0 radical (unpaired) electrons. The summed E-state index contributed by atoms with van der Waals surface area (Å²) in [6.45, 7) is 15.1. The molecule has 3 rings (SSSR count). The van der Waals surface area contributed by atoms with E-state index in [-0.39, 0.29) is 26.2 Å². The molecular weight excluding hydrogens is 462 g/mol. The zero-order valence-corrected chi connectivity index (χ0v) is 23.0. The van der Waals surface area contributed by atoms with E-state index in [9.17, 15) is 0 Å². The van der Waals surface area contributed by atoms with Crippen LogP contribution in [0, 0.1) is 39.8 Å². The minimum absolute atomic E-state index is 0. The van der Waals surface area contributed by atoms with E-state index in [1.165, 1.54) is 27.4 Å². The molecule has 0 N–H and O–H groups in total. The van der Waals surface area contributed by atoms with Crippen molar-refractivity contribution in [1.82, 2.24) is 0 Å². The van der Waals surface area contributed by atoms with E-state index in [0.29, 0.717) is 0 Å². The summed E-state index contributed by atoms with van der Waals surface area (Å²) in [5.74, 6) is 0. The fourth-order valence-corrected chi connectivity index (χ4v) is 6.33. The molecule has 0 unspecified atom stereocenters. The Hall–Kier alpha value is -1.19. The maximum Gasteiger partial charge on any atom is 0.0354 e. The van der Waals surface area contributed by atoms with Crippen molar-refractivity contribution in [3.8, 4) is 0 Å². The molecule has 0 aromatic heterocycles. The number of hydrogen-bond acceptors (Lipinski definition) is 1. The fourth-order valence-electron chi connectivity index (χ4n) is 3.32. The van der Waals surface area contributed by atoms with E-state index < -0.39 is 8.24 Å². The van der Waals surface area contributed by atoms with Crippen LogP contribution in [-0.2, 0) is 30.9 Å². The van der Waals surface area contributed by atoms with Gasteiger partial charge >= 0.3 is 0 Å². The summed E-state index contributed by atoms with van der Waals surface area (Å²) in [6, 6.07) is 25.0. The Kier molecular flexibility index (Phi) is 15.0. The van der Waals surface area contributed by atoms with Gasteiger partial charge in [-0.05, 0) is 0 Å². The maximum absolute atomic E-state index is 5.09. The van der Waals surface area contributed by atoms with Crippen molar-refractivity contribution >= 4 is 13.4 Å². The monoisotopic (exact) mass is 495 g/mol. The molecule has 3 aromatic rings. The first-order valence-electron chi connectivity index (χ1n) is 10.1. The second-order valence-corrected chi connectivity index (χ2v) is 11.4. The number of nitrogens with zero attached hydrogens (tertiary/aromatic N) is 1. The van der Waals surface area contributed by atoms with Crippen molar-refractivity contribution in [3.05, 3.63) is 100 Å². The number of ether oxygens (including phenoxy) is 1. The van der Waals surface area contributed by atoms with Gasteiger partial charge in [0.1, 0.15) is 0 Å². The average molecular weight is 497 g/mol. The van der Waals surface area contributed by atoms with Crippen LogP contribution in [0.25, 0.3) is 4.98 Å². The third-order valence-corrected chi connectivity index (χ3v) is 8.05. The fraction of sp³-hybridized carbons (Fsp3) is 0.346. The summed E-state index contributed by atoms with van der Waals surface area (Å²) in [4.78, 5) is 4.91. The van der Waals surface area contributed by atoms with Crippen LogP contribution in [0.1, 0.15) is 22.3 Å². The molecule has 0 amide bonds. The Bertz CT molecular complexity index is 690. The van der Waals surface area contributed by atoms with Gasteiger partial charge in [-0.1, -0.05) is 49.0 Å². The van der Waals surface area contributed by atoms with E-state index in [1.807, 2.05) is 60.7 Å². The van der Waals surface area contributed by atoms with Crippen molar-refractivity contribution in [2.24, 2.45) is 0 Å². The summed E-state index contributed by atoms with van der Waals surface area (Å²) in [5, 5.41) is 1.53. The Morgan fingerprint density at radius 3 is 1.47 bits per heavy atom. The number of methoxy groups -OCH3 is 1. The van der Waals surface area contributed by atoms with Gasteiger partial charge in [-0.25, -0.2) is 0 Å². The van der Waals surface area contributed by atoms with Crippen molar-refractivity contribution in [2.45, 2.75) is 40.8 Å². The second kappa shape index (κ2) is 15.6. The van der Waals surface area contributed by atoms with Gasteiger partial charge in [0.25, 0.3) is 0 Å². The van der Waals surface area contributed by atoms with Gasteiger partial charge in [0, 0.05) is 39.9 Å². The van der Waals surface area contributed by atoms with E-state index in [1.54, 1.807) is 7.11 Å². The first-order chi connectivity index (χ1) is 13.8. The largest absolute Gasteiger partial charge is 0.668 e. The molecule has 3 aromatic carbocycles. The average Bonchev–Trinajstić information content (AvgIpc) is 2.95. The molecule has 30 heavy (non-hydrogen) atoms. The predicted octanol–water partition coefficient (Wildman–Crippen LogP) is 6.04. The SMILES string of the molecule is COCC[N-][Si](C)(C)[c-]1c(C)c(C)c(C)c1C.[Zr].[c-]1ccccc1.[c-]1ccccc1. The van der Waals surface area contributed by atoms with Gasteiger partial charge in [0.15, 0.2) is 0 Å². The normalized spacial score (nSPS) is 10.1. The van der Waals surface area contributed by atoms with E-state index in [4.69, 9.17) is 9.72 Å². The van der Waals surface area contributed by atoms with Crippen molar-refractivity contribution in [1.29, 1.82) is 0 Å². The van der Waals surface area contributed by atoms with Crippen LogP contribution in [0.5, 0.6) is 0 Å². The Morgan fingerprint density at radius 1 is 0.800 bits per heavy atom. The van der Waals surface area contributed by atoms with Gasteiger partial charge in [-0.3, -0.25) is 0 Å². The first kappa shape index (κ1) is 28.8. The van der Waals surface area contributed by atoms with Crippen LogP contribution in [0.4, 0.5) is 0 Å². The third kappa shape index (κ3) is 9.75. The van der Waals surface area contributed by atoms with Crippen molar-refractivity contribution < 1.29 is 30.9 Å². The third-order valence-electron chi connectivity index (χ3n) is 5.07. The van der Waals surface area contributed by atoms with E-state index >= 15 is 0 Å². The summed E-state index contributed by atoms with van der Waals surface area (Å²) in [5.41, 5.74) is 5.80. The molecule has 162 valence electrons. The summed E-state index contributed by atoms with van der Waals surface area (Å²) < 4.78 is 5.09. The molecule has 0 aliphatic carbocycles. The second-order valence-electron chi connectivity index (χ2n) is 7.46.